The molecule has 0 bridgehead atoms. The number of imide groups is 1. The number of urea groups is 1. The first-order chi connectivity index (χ1) is 14.9. The molecule has 1 fully saturated rings. The van der Waals surface area contributed by atoms with Crippen molar-refractivity contribution in [2.75, 3.05) is 6.54 Å². The predicted octanol–water partition coefficient (Wildman–Crippen LogP) is 2.39. The van der Waals surface area contributed by atoms with Crippen molar-refractivity contribution in [3.63, 3.8) is 0 Å². The lowest BCUT2D eigenvalue weighted by Crippen LogP contribution is -2.40. The Hall–Kier alpha value is -3.75. The van der Waals surface area contributed by atoms with Gasteiger partial charge in [-0.3, -0.25) is 14.5 Å². The summed E-state index contributed by atoms with van der Waals surface area (Å²) in [6.45, 7) is 0.542. The maximum absolute atomic E-state index is 13.3. The number of pyridine rings is 1. The highest BCUT2D eigenvalue weighted by molar-refractivity contribution is 6.05. The minimum atomic E-state index is -1.06. The molecule has 2 aliphatic rings. The molecule has 9 heteroatoms. The lowest BCUT2D eigenvalue weighted by molar-refractivity contribution is -0.137. The van der Waals surface area contributed by atoms with Gasteiger partial charge in [-0.2, -0.15) is 0 Å². The van der Waals surface area contributed by atoms with E-state index in [-0.39, 0.29) is 31.2 Å². The summed E-state index contributed by atoms with van der Waals surface area (Å²) in [5.74, 6) is -1.73. The van der Waals surface area contributed by atoms with E-state index in [1.165, 1.54) is 17.0 Å². The molecule has 0 radical (unpaired) electrons. The van der Waals surface area contributed by atoms with Crippen LogP contribution in [0.2, 0.25) is 0 Å². The number of aromatic nitrogens is 2. The number of carbonyl (C=O) groups excluding carboxylic acids is 2. The highest BCUT2D eigenvalue weighted by atomic mass is 19.1. The molecule has 3 amide bonds. The van der Waals surface area contributed by atoms with Crippen LogP contribution in [0.3, 0.4) is 0 Å². The van der Waals surface area contributed by atoms with E-state index in [4.69, 9.17) is 5.11 Å². The van der Waals surface area contributed by atoms with Crippen molar-refractivity contribution >= 4 is 28.9 Å². The molecule has 2 aromatic heterocycles. The molecule has 1 saturated heterocycles. The van der Waals surface area contributed by atoms with E-state index in [0.29, 0.717) is 13.0 Å². The lowest BCUT2D eigenvalue weighted by atomic mass is 9.98. The molecule has 5 rings (SSSR count). The summed E-state index contributed by atoms with van der Waals surface area (Å²) in [6.07, 6.45) is 1.76. The Morgan fingerprint density at radius 1 is 1.19 bits per heavy atom. The fourth-order valence-electron chi connectivity index (χ4n) is 4.48. The summed E-state index contributed by atoms with van der Waals surface area (Å²) in [6, 6.07) is 8.90. The molecular weight excluding hydrogens is 403 g/mol. The first-order valence-corrected chi connectivity index (χ1v) is 9.97. The van der Waals surface area contributed by atoms with E-state index in [2.05, 4.69) is 4.98 Å². The minimum absolute atomic E-state index is 0.137. The molecular formula is C22H19FN4O4. The van der Waals surface area contributed by atoms with Crippen LogP contribution in [0, 0.1) is 5.82 Å². The number of fused-ring (bicyclic) bond motifs is 4. The van der Waals surface area contributed by atoms with Crippen LogP contribution < -0.4 is 0 Å². The number of carboxylic acid groups (broad SMARTS) is 1. The van der Waals surface area contributed by atoms with E-state index in [9.17, 15) is 18.8 Å². The third kappa shape index (κ3) is 3.13. The van der Waals surface area contributed by atoms with E-state index in [1.54, 1.807) is 18.3 Å². The Morgan fingerprint density at radius 2 is 1.97 bits per heavy atom. The third-order valence-corrected chi connectivity index (χ3v) is 5.97. The highest BCUT2D eigenvalue weighted by Gasteiger charge is 2.48. The van der Waals surface area contributed by atoms with Gasteiger partial charge in [0, 0.05) is 36.8 Å². The molecule has 2 aliphatic heterocycles. The Labute approximate surface area is 176 Å². The normalized spacial score (nSPS) is 17.9. The van der Waals surface area contributed by atoms with Crippen LogP contribution in [0.1, 0.15) is 23.2 Å². The van der Waals surface area contributed by atoms with Crippen molar-refractivity contribution in [3.8, 4) is 0 Å². The number of halogens is 1. The van der Waals surface area contributed by atoms with E-state index >= 15 is 0 Å². The van der Waals surface area contributed by atoms with E-state index < -0.39 is 18.0 Å². The zero-order valence-electron chi connectivity index (χ0n) is 16.5. The number of hydrogen-bond acceptors (Lipinski definition) is 4. The fourth-order valence-corrected chi connectivity index (χ4v) is 4.48. The summed E-state index contributed by atoms with van der Waals surface area (Å²) in [5, 5.41) is 9.85. The van der Waals surface area contributed by atoms with Crippen molar-refractivity contribution in [3.05, 3.63) is 65.2 Å². The third-order valence-electron chi connectivity index (χ3n) is 5.97. The second kappa shape index (κ2) is 7.19. The molecule has 1 unspecified atom stereocenters. The van der Waals surface area contributed by atoms with Crippen molar-refractivity contribution in [1.82, 2.24) is 19.4 Å². The zero-order valence-corrected chi connectivity index (χ0v) is 16.5. The number of aliphatic carboxylic acids is 1. The van der Waals surface area contributed by atoms with Crippen LogP contribution in [0.15, 0.2) is 42.6 Å². The number of hydrogen-bond donors (Lipinski definition) is 1. The second-order valence-electron chi connectivity index (χ2n) is 7.78. The average molecular weight is 422 g/mol. The molecule has 0 saturated carbocycles. The molecule has 1 atom stereocenters. The van der Waals surface area contributed by atoms with Gasteiger partial charge >= 0.3 is 12.0 Å². The van der Waals surface area contributed by atoms with Gasteiger partial charge in [0.2, 0.25) is 0 Å². The minimum Gasteiger partial charge on any atom is -0.481 e. The molecule has 158 valence electrons. The monoisotopic (exact) mass is 422 g/mol. The van der Waals surface area contributed by atoms with Crippen LogP contribution in [0.25, 0.3) is 11.0 Å². The average Bonchev–Trinajstić information content (AvgIpc) is 3.19. The van der Waals surface area contributed by atoms with Gasteiger partial charge in [-0.25, -0.2) is 14.2 Å². The van der Waals surface area contributed by atoms with Crippen molar-refractivity contribution in [1.29, 1.82) is 0 Å². The smallest absolute Gasteiger partial charge is 0.327 e. The van der Waals surface area contributed by atoms with Gasteiger partial charge in [0.1, 0.15) is 17.5 Å². The summed E-state index contributed by atoms with van der Waals surface area (Å²) in [5.41, 5.74) is 3.49. The highest BCUT2D eigenvalue weighted by Crippen LogP contribution is 2.36. The Morgan fingerprint density at radius 3 is 2.71 bits per heavy atom. The predicted molar refractivity (Wildman–Crippen MR) is 108 cm³/mol. The van der Waals surface area contributed by atoms with Gasteiger partial charge < -0.3 is 14.6 Å². The summed E-state index contributed by atoms with van der Waals surface area (Å²) >= 11 is 0. The van der Waals surface area contributed by atoms with Gasteiger partial charge in [0.25, 0.3) is 5.91 Å². The molecule has 3 aromatic rings. The largest absolute Gasteiger partial charge is 0.481 e. The van der Waals surface area contributed by atoms with Crippen LogP contribution in [-0.2, 0) is 29.1 Å². The van der Waals surface area contributed by atoms with Crippen LogP contribution in [-0.4, -0.2) is 55.0 Å². The summed E-state index contributed by atoms with van der Waals surface area (Å²) in [7, 11) is 0. The van der Waals surface area contributed by atoms with Crippen LogP contribution in [0.5, 0.6) is 0 Å². The summed E-state index contributed by atoms with van der Waals surface area (Å²) < 4.78 is 15.3. The number of carboxylic acids is 1. The lowest BCUT2D eigenvalue weighted by Gasteiger charge is -2.28. The van der Waals surface area contributed by atoms with Gasteiger partial charge in [0.05, 0.1) is 13.0 Å². The quantitative estimate of drug-likeness (QED) is 0.637. The Kier molecular flexibility index (Phi) is 4.46. The first kappa shape index (κ1) is 19.2. The summed E-state index contributed by atoms with van der Waals surface area (Å²) in [4.78, 5) is 43.7. The Balaban J connectivity index is 1.53. The number of amides is 3. The van der Waals surface area contributed by atoms with E-state index in [1.807, 2.05) is 16.7 Å². The van der Waals surface area contributed by atoms with Crippen molar-refractivity contribution in [2.45, 2.75) is 32.0 Å². The molecule has 8 nitrogen and oxygen atoms in total. The molecule has 1 aromatic carbocycles. The zero-order chi connectivity index (χ0) is 21.7. The maximum atomic E-state index is 13.3. The molecule has 1 N–H and O–H groups in total. The fraction of sp³-hybridized carbons (Fsp3) is 0.273. The van der Waals surface area contributed by atoms with Crippen molar-refractivity contribution in [2.24, 2.45) is 0 Å². The van der Waals surface area contributed by atoms with Crippen LogP contribution >= 0.6 is 0 Å². The molecule has 0 spiro atoms. The first-order valence-electron chi connectivity index (χ1n) is 9.97. The SMILES string of the molecule is O=C(O)CCN1C(=O)C2Cc3c(n(Cc4ccc(F)cc4)c4ncccc34)CN2C1=O. The Bertz CT molecular complexity index is 1220. The van der Waals surface area contributed by atoms with E-state index in [0.717, 1.165) is 32.8 Å². The van der Waals surface area contributed by atoms with Crippen molar-refractivity contribution < 1.29 is 23.9 Å². The topological polar surface area (TPSA) is 95.7 Å². The van der Waals surface area contributed by atoms with Gasteiger partial charge in [0.15, 0.2) is 0 Å². The van der Waals surface area contributed by atoms with Crippen LogP contribution in [0.4, 0.5) is 9.18 Å². The molecule has 31 heavy (non-hydrogen) atoms. The van der Waals surface area contributed by atoms with Gasteiger partial charge in [-0.1, -0.05) is 12.1 Å². The standard InChI is InChI=1S/C22H19FN4O4/c23-14-5-3-13(4-6-14)11-26-18-12-27-17(10-16(18)15-2-1-8-24-20(15)26)21(30)25(22(27)31)9-7-19(28)29/h1-6,8,17H,7,9-12H2,(H,28,29). The number of rotatable bonds is 5. The number of benzene rings is 1. The molecule has 0 aliphatic carbocycles. The number of carbonyl (C=O) groups is 3. The number of nitrogens with zero attached hydrogens (tertiary/aromatic N) is 4. The van der Waals surface area contributed by atoms with Gasteiger partial charge in [-0.05, 0) is 35.4 Å². The molecule has 4 heterocycles. The second-order valence-corrected chi connectivity index (χ2v) is 7.78. The van der Waals surface area contributed by atoms with Gasteiger partial charge in [-0.15, -0.1) is 0 Å². The maximum Gasteiger partial charge on any atom is 0.327 e.